The van der Waals surface area contributed by atoms with E-state index < -0.39 is 65.1 Å². The van der Waals surface area contributed by atoms with Crippen LogP contribution in [-0.2, 0) is 12.7 Å². The molecule has 0 aliphatic rings. The molecule has 4 rings (SSSR count). The van der Waals surface area contributed by atoms with Crippen molar-refractivity contribution < 1.29 is 30.7 Å². The molecule has 0 fully saturated rings. The predicted molar refractivity (Wildman–Crippen MR) is 124 cm³/mol. The summed E-state index contributed by atoms with van der Waals surface area (Å²) < 4.78 is 95.5. The Morgan fingerprint density at radius 2 is 1.74 bits per heavy atom. The maximum absolute atomic E-state index is 14.8. The van der Waals surface area contributed by atoms with Crippen LogP contribution in [0, 0.1) is 5.82 Å². The molecule has 0 spiro atoms. The van der Waals surface area contributed by atoms with Crippen molar-refractivity contribution in [3.05, 3.63) is 74.7 Å². The number of nitrogens with one attached hydrogen (secondary N) is 2. The van der Waals surface area contributed by atoms with Crippen LogP contribution in [-0.4, -0.2) is 41.9 Å². The Kier molecular flexibility index (Phi) is 7.65. The Balaban J connectivity index is 1.51. The Labute approximate surface area is 213 Å². The van der Waals surface area contributed by atoms with Crippen molar-refractivity contribution in [1.29, 1.82) is 0 Å². The fraction of sp³-hybridized carbons (Fsp3) is 0.304. The smallest absolute Gasteiger partial charge is 0.381 e. The number of alkyl halides is 6. The van der Waals surface area contributed by atoms with Gasteiger partial charge in [0.25, 0.3) is 17.5 Å². The molecule has 0 saturated heterocycles. The summed E-state index contributed by atoms with van der Waals surface area (Å²) in [7, 11) is 0. The summed E-state index contributed by atoms with van der Waals surface area (Å²) in [5.41, 5.74) is -5.02. The normalized spacial score (nSPS) is 13.6. The van der Waals surface area contributed by atoms with Crippen molar-refractivity contribution in [2.75, 3.05) is 5.32 Å². The third-order valence-corrected chi connectivity index (χ3v) is 5.62. The maximum atomic E-state index is 14.8. The molecule has 0 amide bonds. The molecule has 16 heteroatoms. The minimum atomic E-state index is -4.98. The molecule has 4 aromatic rings. The highest BCUT2D eigenvalue weighted by molar-refractivity contribution is 5.82. The fourth-order valence-corrected chi connectivity index (χ4v) is 3.86. The average molecular weight is 557 g/mol. The number of benzene rings is 1. The number of hydrogen-bond acceptors (Lipinski definition) is 7. The number of aromatic amines is 1. The average Bonchev–Trinajstić information content (AvgIpc) is 2.85. The van der Waals surface area contributed by atoms with Crippen LogP contribution >= 0.6 is 0 Å². The molecule has 206 valence electrons. The Hall–Kier alpha value is -4.37. The lowest BCUT2D eigenvalue weighted by molar-refractivity contribution is -0.138. The number of anilines is 1. The van der Waals surface area contributed by atoms with Crippen LogP contribution in [0.1, 0.15) is 30.9 Å². The van der Waals surface area contributed by atoms with Gasteiger partial charge < -0.3 is 5.32 Å². The van der Waals surface area contributed by atoms with Crippen LogP contribution in [0.15, 0.2) is 46.6 Å². The third kappa shape index (κ3) is 6.04. The minimum absolute atomic E-state index is 0.0149. The highest BCUT2D eigenvalue weighted by Crippen LogP contribution is 2.32. The number of H-pyrrole nitrogens is 1. The topological polar surface area (TPSA) is 118 Å². The lowest BCUT2D eigenvalue weighted by atomic mass is 10.1. The van der Waals surface area contributed by atoms with Crippen LogP contribution < -0.4 is 16.4 Å². The van der Waals surface area contributed by atoms with Gasteiger partial charge in [-0.15, -0.1) is 0 Å². The summed E-state index contributed by atoms with van der Waals surface area (Å²) in [4.78, 5) is 35.9. The van der Waals surface area contributed by atoms with Gasteiger partial charge in [-0.1, -0.05) is 0 Å². The molecule has 2 unspecified atom stereocenters. The molecule has 2 atom stereocenters. The van der Waals surface area contributed by atoms with Crippen LogP contribution in [0.3, 0.4) is 0 Å². The second-order valence-electron chi connectivity index (χ2n) is 8.56. The van der Waals surface area contributed by atoms with E-state index in [1.54, 1.807) is 5.10 Å². The second kappa shape index (κ2) is 10.8. The molecule has 0 saturated carbocycles. The van der Waals surface area contributed by atoms with Gasteiger partial charge in [-0.3, -0.25) is 14.2 Å². The monoisotopic (exact) mass is 557 g/mol. The first-order valence-electron chi connectivity index (χ1n) is 11.2. The van der Waals surface area contributed by atoms with E-state index in [-0.39, 0.29) is 28.7 Å². The zero-order valence-electron chi connectivity index (χ0n) is 19.8. The van der Waals surface area contributed by atoms with Gasteiger partial charge >= 0.3 is 6.18 Å². The van der Waals surface area contributed by atoms with E-state index in [1.807, 2.05) is 0 Å². The molecular formula is C23H18F7N7O2. The highest BCUT2D eigenvalue weighted by atomic mass is 19.4. The van der Waals surface area contributed by atoms with Crippen molar-refractivity contribution in [2.45, 2.75) is 44.7 Å². The molecule has 0 aliphatic heterocycles. The lowest BCUT2D eigenvalue weighted by Crippen LogP contribution is -2.30. The summed E-state index contributed by atoms with van der Waals surface area (Å²) in [5, 5.41) is 7.22. The van der Waals surface area contributed by atoms with Crippen molar-refractivity contribution in [2.24, 2.45) is 0 Å². The SMILES string of the molecule is CC(CC(F)Cn1cnc2cc(-c3ncc(C(F)F)cn3)c(F)cc2c1=O)Nc1cn[nH]c(=O)c1C(F)(F)F. The summed E-state index contributed by atoms with van der Waals surface area (Å²) in [6.45, 7) is 0.831. The zero-order chi connectivity index (χ0) is 28.5. The van der Waals surface area contributed by atoms with Gasteiger partial charge in [0.15, 0.2) is 5.82 Å². The molecule has 0 radical (unpaired) electrons. The molecule has 1 aromatic carbocycles. The van der Waals surface area contributed by atoms with Crippen molar-refractivity contribution in [3.8, 4) is 11.4 Å². The largest absolute Gasteiger partial charge is 0.423 e. The van der Waals surface area contributed by atoms with E-state index in [0.717, 1.165) is 41.6 Å². The van der Waals surface area contributed by atoms with E-state index in [9.17, 15) is 40.3 Å². The van der Waals surface area contributed by atoms with Crippen molar-refractivity contribution >= 4 is 16.6 Å². The van der Waals surface area contributed by atoms with E-state index in [0.29, 0.717) is 0 Å². The van der Waals surface area contributed by atoms with Gasteiger partial charge in [-0.05, 0) is 19.1 Å². The molecule has 9 nitrogen and oxygen atoms in total. The maximum Gasteiger partial charge on any atom is 0.423 e. The van der Waals surface area contributed by atoms with Crippen LogP contribution in [0.5, 0.6) is 0 Å². The zero-order valence-corrected chi connectivity index (χ0v) is 19.8. The standard InChI is InChI=1S/C23H18F7N7O2/c1-10(35-17-7-34-36-21(38)18(17)23(28,29)30)2-12(24)8-37-9-33-16-4-13(15(25)3-14(16)22(37)39)20-31-5-11(6-32-20)19(26)27/h3-7,9-10,12,19H,2,8H2,1H3,(H2,35,36,38). The summed E-state index contributed by atoms with van der Waals surface area (Å²) in [6, 6.07) is 1.09. The van der Waals surface area contributed by atoms with Gasteiger partial charge in [0.2, 0.25) is 0 Å². The summed E-state index contributed by atoms with van der Waals surface area (Å²) in [6.07, 6.45) is -6.45. The Bertz CT molecular complexity index is 1600. The van der Waals surface area contributed by atoms with Gasteiger partial charge in [0, 0.05) is 24.9 Å². The molecule has 39 heavy (non-hydrogen) atoms. The van der Waals surface area contributed by atoms with Gasteiger partial charge in [0.05, 0.1) is 46.8 Å². The molecular weight excluding hydrogens is 539 g/mol. The van der Waals surface area contributed by atoms with E-state index >= 15 is 0 Å². The van der Waals surface area contributed by atoms with E-state index in [1.165, 1.54) is 6.92 Å². The van der Waals surface area contributed by atoms with Crippen molar-refractivity contribution in [1.82, 2.24) is 29.7 Å². The molecule has 2 N–H and O–H groups in total. The van der Waals surface area contributed by atoms with Crippen LogP contribution in [0.2, 0.25) is 0 Å². The fourth-order valence-electron chi connectivity index (χ4n) is 3.86. The number of aromatic nitrogens is 6. The first-order chi connectivity index (χ1) is 18.3. The van der Waals surface area contributed by atoms with Crippen LogP contribution in [0.25, 0.3) is 22.3 Å². The highest BCUT2D eigenvalue weighted by Gasteiger charge is 2.37. The van der Waals surface area contributed by atoms with E-state index in [2.05, 4.69) is 25.4 Å². The van der Waals surface area contributed by atoms with E-state index in [4.69, 9.17) is 0 Å². The Morgan fingerprint density at radius 1 is 1.05 bits per heavy atom. The number of rotatable bonds is 8. The summed E-state index contributed by atoms with van der Waals surface area (Å²) >= 11 is 0. The van der Waals surface area contributed by atoms with Crippen molar-refractivity contribution in [3.63, 3.8) is 0 Å². The first-order valence-corrected chi connectivity index (χ1v) is 11.2. The quantitative estimate of drug-likeness (QED) is 0.311. The molecule has 0 aliphatic carbocycles. The number of halogens is 7. The minimum Gasteiger partial charge on any atom is -0.381 e. The third-order valence-electron chi connectivity index (χ3n) is 5.62. The number of nitrogens with zero attached hydrogens (tertiary/aromatic N) is 5. The first kappa shape index (κ1) is 27.7. The Morgan fingerprint density at radius 3 is 2.38 bits per heavy atom. The van der Waals surface area contributed by atoms with Gasteiger partial charge in [-0.2, -0.15) is 18.3 Å². The molecule has 0 bridgehead atoms. The number of fused-ring (bicyclic) bond motifs is 1. The summed E-state index contributed by atoms with van der Waals surface area (Å²) in [5.74, 6) is -1.15. The van der Waals surface area contributed by atoms with Crippen LogP contribution in [0.4, 0.5) is 36.4 Å². The predicted octanol–water partition coefficient (Wildman–Crippen LogP) is 4.26. The molecule has 3 heterocycles. The molecule has 3 aromatic heterocycles. The van der Waals surface area contributed by atoms with Gasteiger partial charge in [-0.25, -0.2) is 37.6 Å². The van der Waals surface area contributed by atoms with Gasteiger partial charge in [0.1, 0.15) is 17.6 Å². The lowest BCUT2D eigenvalue weighted by Gasteiger charge is -2.20. The number of hydrogen-bond donors (Lipinski definition) is 2. The second-order valence-corrected chi connectivity index (χ2v) is 8.56.